The van der Waals surface area contributed by atoms with Crippen LogP contribution in [-0.4, -0.2) is 15.8 Å². The molecule has 0 amide bonds. The molecule has 4 nitrogen and oxygen atoms in total. The van der Waals surface area contributed by atoms with Gasteiger partial charge in [-0.25, -0.2) is 9.97 Å². The van der Waals surface area contributed by atoms with E-state index in [0.29, 0.717) is 0 Å². The molecule has 4 heteroatoms. The predicted molar refractivity (Wildman–Crippen MR) is 262 cm³/mol. The summed E-state index contributed by atoms with van der Waals surface area (Å²) in [5.74, 6) is 1.15. The third-order valence-electron chi connectivity index (χ3n) is 12.4. The molecule has 63 heavy (non-hydrogen) atoms. The maximum atomic E-state index is 5.27. The van der Waals surface area contributed by atoms with Crippen LogP contribution >= 0.6 is 0 Å². The minimum Gasteiger partial charge on any atom is -0.340 e. The van der Waals surface area contributed by atoms with Gasteiger partial charge in [0.15, 0.2) is 0 Å². The van der Waals surface area contributed by atoms with Crippen LogP contribution in [0.4, 0.5) is 0 Å². The van der Waals surface area contributed by atoms with Gasteiger partial charge < -0.3 is 5.32 Å². The lowest BCUT2D eigenvalue weighted by Gasteiger charge is -2.24. The second-order valence-electron chi connectivity index (χ2n) is 16.5. The standard InChI is InChI=1S/C59H44N4/c1-39-36-54(45-14-7-3-8-15-45)61-58-52(39)34-32-48-33-35-53(60-57(48)58)51-19-11-18-50(37-51)44-22-20-42(21-23-44)43-26-30-47(31-27-43)56-38-55(62-59(63-56)49-16-9-4-10-17-49)46-28-24-41(25-29-46)40-12-5-2-6-13-40/h2-22,24-38,44,55H,23H2,1H3,(H,62,63)/t44-,55?/m0/s1. The summed E-state index contributed by atoms with van der Waals surface area (Å²) in [6, 6.07) is 68.6. The fourth-order valence-electron chi connectivity index (χ4n) is 8.93. The molecular weight excluding hydrogens is 765 g/mol. The zero-order chi connectivity index (χ0) is 42.1. The normalized spacial score (nSPS) is 16.0. The number of benzene rings is 7. The largest absolute Gasteiger partial charge is 0.340 e. The quantitative estimate of drug-likeness (QED) is 0.156. The van der Waals surface area contributed by atoms with Gasteiger partial charge in [0.2, 0.25) is 0 Å². The molecule has 2 atom stereocenters. The van der Waals surface area contributed by atoms with E-state index in [0.717, 1.165) is 79.0 Å². The molecule has 2 aliphatic rings. The van der Waals surface area contributed by atoms with Gasteiger partial charge >= 0.3 is 0 Å². The molecule has 0 spiro atoms. The lowest BCUT2D eigenvalue weighted by atomic mass is 9.87. The second-order valence-corrected chi connectivity index (χ2v) is 16.5. The Balaban J connectivity index is 0.826. The highest BCUT2D eigenvalue weighted by Crippen LogP contribution is 2.36. The van der Waals surface area contributed by atoms with Crippen molar-refractivity contribution >= 4 is 38.9 Å². The number of aromatic nitrogens is 2. The Labute approximate surface area is 368 Å². The Hall–Kier alpha value is -7.95. The first-order valence-corrected chi connectivity index (χ1v) is 21.7. The van der Waals surface area contributed by atoms with Crippen molar-refractivity contribution < 1.29 is 0 Å². The molecule has 0 bridgehead atoms. The van der Waals surface area contributed by atoms with Crippen LogP contribution in [0.25, 0.3) is 66.7 Å². The van der Waals surface area contributed by atoms with Crippen LogP contribution in [0.3, 0.4) is 0 Å². The molecule has 0 fully saturated rings. The molecule has 2 aromatic heterocycles. The van der Waals surface area contributed by atoms with E-state index < -0.39 is 0 Å². The Kier molecular flexibility index (Phi) is 9.95. The Morgan fingerprint density at radius 1 is 0.492 bits per heavy atom. The van der Waals surface area contributed by atoms with Gasteiger partial charge in [-0.15, -0.1) is 0 Å². The summed E-state index contributed by atoms with van der Waals surface area (Å²) in [5, 5.41) is 5.89. The van der Waals surface area contributed by atoms with Gasteiger partial charge in [-0.2, -0.15) is 0 Å². The number of amidine groups is 1. The molecule has 9 aromatic rings. The molecule has 1 aliphatic carbocycles. The lowest BCUT2D eigenvalue weighted by Crippen LogP contribution is -2.27. The van der Waals surface area contributed by atoms with Crippen LogP contribution in [0.15, 0.2) is 223 Å². The average Bonchev–Trinajstić information content (AvgIpc) is 3.37. The molecule has 7 aromatic carbocycles. The van der Waals surface area contributed by atoms with Gasteiger partial charge in [-0.1, -0.05) is 194 Å². The van der Waals surface area contributed by atoms with E-state index in [2.05, 4.69) is 219 Å². The summed E-state index contributed by atoms with van der Waals surface area (Å²) in [4.78, 5) is 15.6. The van der Waals surface area contributed by atoms with Crippen LogP contribution in [0, 0.1) is 6.92 Å². The summed E-state index contributed by atoms with van der Waals surface area (Å²) in [6.07, 6.45) is 10.2. The number of pyridine rings is 2. The molecule has 0 radical (unpaired) electrons. The molecule has 1 aliphatic heterocycles. The van der Waals surface area contributed by atoms with E-state index in [4.69, 9.17) is 15.0 Å². The first kappa shape index (κ1) is 38.0. The van der Waals surface area contributed by atoms with Crippen molar-refractivity contribution in [2.24, 2.45) is 4.99 Å². The van der Waals surface area contributed by atoms with Gasteiger partial charge in [-0.3, -0.25) is 4.99 Å². The monoisotopic (exact) mass is 808 g/mol. The third-order valence-corrected chi connectivity index (χ3v) is 12.4. The first-order chi connectivity index (χ1) is 31.1. The van der Waals surface area contributed by atoms with Gasteiger partial charge in [-0.05, 0) is 82.1 Å². The van der Waals surface area contributed by atoms with Crippen LogP contribution in [0.2, 0.25) is 0 Å². The predicted octanol–water partition coefficient (Wildman–Crippen LogP) is 14.4. The van der Waals surface area contributed by atoms with Crippen molar-refractivity contribution in [1.29, 1.82) is 0 Å². The van der Waals surface area contributed by atoms with Crippen molar-refractivity contribution in [2.45, 2.75) is 25.3 Å². The smallest absolute Gasteiger partial charge is 0.133 e. The molecule has 1 unspecified atom stereocenters. The zero-order valence-corrected chi connectivity index (χ0v) is 35.0. The summed E-state index contributed by atoms with van der Waals surface area (Å²) >= 11 is 0. The number of hydrogen-bond donors (Lipinski definition) is 1. The maximum absolute atomic E-state index is 5.27. The van der Waals surface area contributed by atoms with Crippen molar-refractivity contribution in [2.75, 3.05) is 0 Å². The average molecular weight is 809 g/mol. The van der Waals surface area contributed by atoms with Gasteiger partial charge in [0.25, 0.3) is 0 Å². The number of rotatable bonds is 8. The molecule has 0 saturated heterocycles. The highest BCUT2D eigenvalue weighted by atomic mass is 15.0. The zero-order valence-electron chi connectivity index (χ0n) is 35.0. The number of aryl methyl sites for hydroxylation is 1. The fourth-order valence-corrected chi connectivity index (χ4v) is 8.93. The van der Waals surface area contributed by atoms with Gasteiger partial charge in [0.1, 0.15) is 5.84 Å². The number of nitrogens with zero attached hydrogens (tertiary/aromatic N) is 3. The van der Waals surface area contributed by atoms with Crippen molar-refractivity contribution in [3.8, 4) is 33.6 Å². The van der Waals surface area contributed by atoms with E-state index in [1.54, 1.807) is 0 Å². The summed E-state index contributed by atoms with van der Waals surface area (Å²) in [5.41, 5.74) is 17.7. The van der Waals surface area contributed by atoms with E-state index in [9.17, 15) is 0 Å². The van der Waals surface area contributed by atoms with E-state index in [1.165, 1.54) is 33.4 Å². The fraction of sp³-hybridized carbons (Fsp3) is 0.0678. The molecule has 11 rings (SSSR count). The van der Waals surface area contributed by atoms with Crippen molar-refractivity contribution in [3.63, 3.8) is 0 Å². The van der Waals surface area contributed by atoms with E-state index >= 15 is 0 Å². The summed E-state index contributed by atoms with van der Waals surface area (Å²) in [7, 11) is 0. The van der Waals surface area contributed by atoms with Crippen molar-refractivity contribution in [3.05, 3.63) is 252 Å². The summed E-state index contributed by atoms with van der Waals surface area (Å²) in [6.45, 7) is 2.16. The molecule has 0 saturated carbocycles. The van der Waals surface area contributed by atoms with E-state index in [-0.39, 0.29) is 12.0 Å². The van der Waals surface area contributed by atoms with Crippen LogP contribution in [0.1, 0.15) is 51.8 Å². The summed E-state index contributed by atoms with van der Waals surface area (Å²) < 4.78 is 0. The Morgan fingerprint density at radius 3 is 1.86 bits per heavy atom. The van der Waals surface area contributed by atoms with Crippen LogP contribution < -0.4 is 5.32 Å². The van der Waals surface area contributed by atoms with Gasteiger partial charge in [0, 0.05) is 39.1 Å². The first-order valence-electron chi connectivity index (χ1n) is 21.7. The molecule has 3 heterocycles. The number of hydrogen-bond acceptors (Lipinski definition) is 4. The molecule has 300 valence electrons. The Bertz CT molecular complexity index is 3260. The van der Waals surface area contributed by atoms with E-state index in [1.807, 2.05) is 12.1 Å². The Morgan fingerprint density at radius 2 is 1.13 bits per heavy atom. The van der Waals surface area contributed by atoms with Crippen LogP contribution in [0.5, 0.6) is 0 Å². The topological polar surface area (TPSA) is 50.2 Å². The lowest BCUT2D eigenvalue weighted by molar-refractivity contribution is 0.857. The highest BCUT2D eigenvalue weighted by Gasteiger charge is 2.20. The minimum absolute atomic E-state index is 0.119. The van der Waals surface area contributed by atoms with Crippen LogP contribution in [-0.2, 0) is 0 Å². The third kappa shape index (κ3) is 7.68. The SMILES string of the molecule is Cc1cc(-c2ccccc2)nc2c1ccc1ccc(-c3cccc([C@H]4C=CC(c5ccc(C6=CC(c7ccc(-c8ccccc8)cc7)N=C(c7ccccc7)N6)cc5)=CC4)c3)nc12. The molecule has 1 N–H and O–H groups in total. The highest BCUT2D eigenvalue weighted by molar-refractivity contribution is 6.06. The molecular formula is C59H44N4. The maximum Gasteiger partial charge on any atom is 0.133 e. The minimum atomic E-state index is -0.119. The second kappa shape index (κ2) is 16.5. The number of allylic oxidation sites excluding steroid dienone is 4. The van der Waals surface area contributed by atoms with Gasteiger partial charge in [0.05, 0.1) is 28.5 Å². The number of fused-ring (bicyclic) bond motifs is 3. The number of nitrogens with one attached hydrogen (secondary N) is 1. The van der Waals surface area contributed by atoms with Crippen molar-refractivity contribution in [1.82, 2.24) is 15.3 Å². The number of aliphatic imine (C=N–C) groups is 1.